The Labute approximate surface area is 146 Å². The number of rotatable bonds is 4. The van der Waals surface area contributed by atoms with Crippen LogP contribution >= 0.6 is 11.3 Å². The summed E-state index contributed by atoms with van der Waals surface area (Å²) in [5, 5.41) is 0.995. The van der Waals surface area contributed by atoms with Crippen molar-refractivity contribution in [3.8, 4) is 0 Å². The molecule has 0 unspecified atom stereocenters. The standard InChI is InChI=1S/C20H20N2OS/c1-22(14-18-21-16-10-5-6-11-17(16)24-18)19(23)20(12-7-13-20)15-8-3-2-4-9-15/h2-6,8-11H,7,12-14H2,1H3. The van der Waals surface area contributed by atoms with Gasteiger partial charge in [0.15, 0.2) is 0 Å². The van der Waals surface area contributed by atoms with Gasteiger partial charge in [0.05, 0.1) is 22.2 Å². The lowest BCUT2D eigenvalue weighted by Gasteiger charge is -2.43. The quantitative estimate of drug-likeness (QED) is 0.708. The molecule has 1 heterocycles. The number of hydrogen-bond donors (Lipinski definition) is 0. The van der Waals surface area contributed by atoms with Crippen molar-refractivity contribution < 1.29 is 4.79 Å². The molecule has 1 saturated carbocycles. The van der Waals surface area contributed by atoms with Crippen molar-refractivity contribution in [2.24, 2.45) is 0 Å². The monoisotopic (exact) mass is 336 g/mol. The van der Waals surface area contributed by atoms with Gasteiger partial charge in [-0.05, 0) is 30.5 Å². The molecule has 1 aliphatic carbocycles. The first-order chi connectivity index (χ1) is 11.7. The van der Waals surface area contributed by atoms with Gasteiger partial charge in [0.25, 0.3) is 0 Å². The summed E-state index contributed by atoms with van der Waals surface area (Å²) in [7, 11) is 1.90. The third-order valence-corrected chi connectivity index (χ3v) is 6.02. The van der Waals surface area contributed by atoms with Crippen molar-refractivity contribution in [1.29, 1.82) is 0 Å². The van der Waals surface area contributed by atoms with E-state index < -0.39 is 0 Å². The second-order valence-corrected chi connectivity index (χ2v) is 7.65. The average Bonchev–Trinajstić information content (AvgIpc) is 2.97. The van der Waals surface area contributed by atoms with E-state index in [9.17, 15) is 4.79 Å². The zero-order valence-electron chi connectivity index (χ0n) is 13.7. The second-order valence-electron chi connectivity index (χ2n) is 6.54. The summed E-state index contributed by atoms with van der Waals surface area (Å²) in [5.41, 5.74) is 1.84. The Morgan fingerprint density at radius 2 is 1.83 bits per heavy atom. The highest BCUT2D eigenvalue weighted by Crippen LogP contribution is 2.45. The minimum Gasteiger partial charge on any atom is -0.338 e. The third kappa shape index (κ3) is 2.51. The van der Waals surface area contributed by atoms with Crippen LogP contribution in [0.4, 0.5) is 0 Å². The molecule has 24 heavy (non-hydrogen) atoms. The van der Waals surface area contributed by atoms with Crippen LogP contribution in [0.2, 0.25) is 0 Å². The molecule has 0 bridgehead atoms. The van der Waals surface area contributed by atoms with Crippen molar-refractivity contribution in [3.05, 3.63) is 65.2 Å². The Morgan fingerprint density at radius 1 is 1.12 bits per heavy atom. The molecule has 2 aromatic carbocycles. The van der Waals surface area contributed by atoms with E-state index in [1.807, 2.05) is 48.3 Å². The normalized spacial score (nSPS) is 15.9. The van der Waals surface area contributed by atoms with Gasteiger partial charge in [0.2, 0.25) is 5.91 Å². The molecule has 0 radical (unpaired) electrons. The summed E-state index contributed by atoms with van der Waals surface area (Å²) in [5.74, 6) is 0.221. The van der Waals surface area contributed by atoms with Gasteiger partial charge in [0.1, 0.15) is 5.01 Å². The first-order valence-corrected chi connectivity index (χ1v) is 9.16. The van der Waals surface area contributed by atoms with E-state index in [4.69, 9.17) is 0 Å². The van der Waals surface area contributed by atoms with Gasteiger partial charge in [-0.25, -0.2) is 4.98 Å². The van der Waals surface area contributed by atoms with Gasteiger partial charge < -0.3 is 4.90 Å². The van der Waals surface area contributed by atoms with E-state index in [1.165, 1.54) is 4.70 Å². The number of amides is 1. The topological polar surface area (TPSA) is 33.2 Å². The lowest BCUT2D eigenvalue weighted by Crippen LogP contribution is -2.49. The summed E-state index contributed by atoms with van der Waals surface area (Å²) >= 11 is 1.67. The molecule has 0 atom stereocenters. The van der Waals surface area contributed by atoms with E-state index in [0.717, 1.165) is 35.4 Å². The number of thiazole rings is 1. The number of benzene rings is 2. The molecule has 1 amide bonds. The average molecular weight is 336 g/mol. The van der Waals surface area contributed by atoms with Gasteiger partial charge in [-0.3, -0.25) is 4.79 Å². The summed E-state index contributed by atoms with van der Waals surface area (Å²) in [6, 6.07) is 18.4. The van der Waals surface area contributed by atoms with E-state index >= 15 is 0 Å². The molecule has 1 aromatic heterocycles. The van der Waals surface area contributed by atoms with Gasteiger partial charge in [0, 0.05) is 7.05 Å². The number of hydrogen-bond acceptors (Lipinski definition) is 3. The molecule has 0 N–H and O–H groups in total. The summed E-state index contributed by atoms with van der Waals surface area (Å²) in [6.07, 6.45) is 3.01. The van der Waals surface area contributed by atoms with E-state index in [0.29, 0.717) is 6.54 Å². The van der Waals surface area contributed by atoms with Gasteiger partial charge in [-0.15, -0.1) is 11.3 Å². The number of likely N-dealkylation sites (N-methyl/N-ethyl adjacent to an activating group) is 1. The fourth-order valence-electron chi connectivity index (χ4n) is 3.54. The van der Waals surface area contributed by atoms with Crippen LogP contribution < -0.4 is 0 Å². The number of aromatic nitrogens is 1. The van der Waals surface area contributed by atoms with Crippen molar-refractivity contribution in [2.75, 3.05) is 7.05 Å². The minimum absolute atomic E-state index is 0.221. The van der Waals surface area contributed by atoms with Gasteiger partial charge >= 0.3 is 0 Å². The molecular weight excluding hydrogens is 316 g/mol. The van der Waals surface area contributed by atoms with Crippen molar-refractivity contribution >= 4 is 27.5 Å². The molecule has 3 aromatic rings. The van der Waals surface area contributed by atoms with Gasteiger partial charge in [-0.1, -0.05) is 48.9 Å². The Balaban J connectivity index is 1.57. The van der Waals surface area contributed by atoms with Crippen LogP contribution in [-0.2, 0) is 16.8 Å². The van der Waals surface area contributed by atoms with Crippen LogP contribution in [0, 0.1) is 0 Å². The van der Waals surface area contributed by atoms with Crippen LogP contribution in [0.3, 0.4) is 0 Å². The molecule has 4 heteroatoms. The number of carbonyl (C=O) groups is 1. The highest BCUT2D eigenvalue weighted by molar-refractivity contribution is 7.18. The fourth-order valence-corrected chi connectivity index (χ4v) is 4.56. The van der Waals surface area contributed by atoms with Gasteiger partial charge in [-0.2, -0.15) is 0 Å². The molecule has 0 spiro atoms. The molecule has 1 aliphatic rings. The number of nitrogens with zero attached hydrogens (tertiary/aromatic N) is 2. The lowest BCUT2D eigenvalue weighted by atomic mass is 9.63. The minimum atomic E-state index is -0.327. The Morgan fingerprint density at radius 3 is 2.50 bits per heavy atom. The SMILES string of the molecule is CN(Cc1nc2ccccc2s1)C(=O)C1(c2ccccc2)CCC1. The maximum atomic E-state index is 13.2. The number of fused-ring (bicyclic) bond motifs is 1. The van der Waals surface area contributed by atoms with E-state index in [1.54, 1.807) is 11.3 Å². The summed E-state index contributed by atoms with van der Waals surface area (Å²) < 4.78 is 1.18. The van der Waals surface area contributed by atoms with Crippen molar-refractivity contribution in [3.63, 3.8) is 0 Å². The van der Waals surface area contributed by atoms with Crippen molar-refractivity contribution in [1.82, 2.24) is 9.88 Å². The second kappa shape index (κ2) is 6.02. The molecule has 122 valence electrons. The molecule has 0 saturated heterocycles. The first-order valence-electron chi connectivity index (χ1n) is 8.35. The largest absolute Gasteiger partial charge is 0.338 e. The Hall–Kier alpha value is -2.20. The zero-order chi connectivity index (χ0) is 16.6. The molecule has 3 nitrogen and oxygen atoms in total. The maximum Gasteiger partial charge on any atom is 0.233 e. The van der Waals surface area contributed by atoms with Crippen LogP contribution in [-0.4, -0.2) is 22.8 Å². The molecular formula is C20H20N2OS. The maximum absolute atomic E-state index is 13.2. The molecule has 0 aliphatic heterocycles. The third-order valence-electron chi connectivity index (χ3n) is 5.00. The molecule has 4 rings (SSSR count). The van der Waals surface area contributed by atoms with E-state index in [-0.39, 0.29) is 11.3 Å². The highest BCUT2D eigenvalue weighted by atomic mass is 32.1. The summed E-state index contributed by atoms with van der Waals surface area (Å²) in [6.45, 7) is 0.576. The van der Waals surface area contributed by atoms with E-state index in [2.05, 4.69) is 23.2 Å². The van der Waals surface area contributed by atoms with Crippen LogP contribution in [0.5, 0.6) is 0 Å². The lowest BCUT2D eigenvalue weighted by molar-refractivity contribution is -0.140. The first kappa shape index (κ1) is 15.3. The highest BCUT2D eigenvalue weighted by Gasteiger charge is 2.46. The van der Waals surface area contributed by atoms with Crippen LogP contribution in [0.1, 0.15) is 29.8 Å². The van der Waals surface area contributed by atoms with Crippen molar-refractivity contribution in [2.45, 2.75) is 31.2 Å². The number of carbonyl (C=O) groups excluding carboxylic acids is 1. The molecule has 1 fully saturated rings. The number of para-hydroxylation sites is 1. The summed E-state index contributed by atoms with van der Waals surface area (Å²) in [4.78, 5) is 19.7. The van der Waals surface area contributed by atoms with Crippen LogP contribution in [0.25, 0.3) is 10.2 Å². The predicted octanol–water partition coefficient (Wildman–Crippen LogP) is 4.38. The van der Waals surface area contributed by atoms with Crippen LogP contribution in [0.15, 0.2) is 54.6 Å². The predicted molar refractivity (Wildman–Crippen MR) is 98.1 cm³/mol. The smallest absolute Gasteiger partial charge is 0.233 e. The fraction of sp³-hybridized carbons (Fsp3) is 0.300. The Bertz CT molecular complexity index is 834. The zero-order valence-corrected chi connectivity index (χ0v) is 14.6. The Kier molecular flexibility index (Phi) is 3.85.